The molecule has 1 fully saturated rings. The van der Waals surface area contributed by atoms with E-state index in [0.717, 1.165) is 0 Å². The second kappa shape index (κ2) is 3.77. The van der Waals surface area contributed by atoms with Gasteiger partial charge in [0, 0.05) is 18.4 Å². The van der Waals surface area contributed by atoms with Crippen molar-refractivity contribution < 1.29 is 14.3 Å². The molecule has 0 aromatic rings. The smallest absolute Gasteiger partial charge is 0.407 e. The molecule has 1 rings (SSSR count). The van der Waals surface area contributed by atoms with Crippen LogP contribution >= 0.6 is 0 Å². The van der Waals surface area contributed by atoms with E-state index in [4.69, 9.17) is 4.74 Å². The van der Waals surface area contributed by atoms with Crippen LogP contribution in [0.1, 0.15) is 33.1 Å². The van der Waals surface area contributed by atoms with E-state index in [0.29, 0.717) is 25.9 Å². The van der Waals surface area contributed by atoms with E-state index in [1.54, 1.807) is 6.92 Å². The van der Waals surface area contributed by atoms with Crippen LogP contribution < -0.4 is 5.32 Å². The summed E-state index contributed by atoms with van der Waals surface area (Å²) in [5, 5.41) is 2.70. The number of hydrogen-bond acceptors (Lipinski definition) is 3. The third-order valence-electron chi connectivity index (χ3n) is 2.22. The predicted molar refractivity (Wildman–Crippen MR) is 47.4 cm³/mol. The number of ketones is 1. The fourth-order valence-electron chi connectivity index (χ4n) is 1.55. The second-order valence-corrected chi connectivity index (χ2v) is 3.62. The summed E-state index contributed by atoms with van der Waals surface area (Å²) in [5.74, 6) is 0.208. The molecule has 0 saturated heterocycles. The van der Waals surface area contributed by atoms with Crippen molar-refractivity contribution in [2.45, 2.75) is 38.6 Å². The molecule has 0 aliphatic heterocycles. The largest absolute Gasteiger partial charge is 0.450 e. The topological polar surface area (TPSA) is 55.4 Å². The third-order valence-corrected chi connectivity index (χ3v) is 2.22. The Morgan fingerprint density at radius 2 is 2.38 bits per heavy atom. The van der Waals surface area contributed by atoms with Crippen molar-refractivity contribution in [3.05, 3.63) is 0 Å². The maximum absolute atomic E-state index is 11.1. The van der Waals surface area contributed by atoms with E-state index in [-0.39, 0.29) is 11.3 Å². The Balaban J connectivity index is 2.43. The predicted octanol–water partition coefficient (Wildman–Crippen LogP) is 1.24. The average molecular weight is 185 g/mol. The molecule has 0 heterocycles. The Morgan fingerprint density at radius 1 is 1.69 bits per heavy atom. The van der Waals surface area contributed by atoms with Gasteiger partial charge >= 0.3 is 6.09 Å². The summed E-state index contributed by atoms with van der Waals surface area (Å²) in [6, 6.07) is 0. The first-order valence-electron chi connectivity index (χ1n) is 4.52. The van der Waals surface area contributed by atoms with Crippen LogP contribution in [0.15, 0.2) is 0 Å². The van der Waals surface area contributed by atoms with Crippen LogP contribution in [0.3, 0.4) is 0 Å². The van der Waals surface area contributed by atoms with Gasteiger partial charge in [0.05, 0.1) is 6.61 Å². The van der Waals surface area contributed by atoms with E-state index < -0.39 is 6.09 Å². The van der Waals surface area contributed by atoms with Gasteiger partial charge in [-0.05, 0) is 20.3 Å². The summed E-state index contributed by atoms with van der Waals surface area (Å²) >= 11 is 0. The van der Waals surface area contributed by atoms with Crippen molar-refractivity contribution in [2.24, 2.45) is 0 Å². The first-order valence-corrected chi connectivity index (χ1v) is 4.52. The number of alkyl carbamates (subject to hydrolysis) is 1. The fraction of sp³-hybridized carbons (Fsp3) is 0.778. The molecule has 0 aromatic heterocycles. The molecule has 74 valence electrons. The minimum atomic E-state index is -0.431. The summed E-state index contributed by atoms with van der Waals surface area (Å²) in [5.41, 5.74) is -0.386. The Kier molecular flexibility index (Phi) is 2.90. The van der Waals surface area contributed by atoms with Gasteiger partial charge in [-0.1, -0.05) is 0 Å². The van der Waals surface area contributed by atoms with Gasteiger partial charge in [-0.3, -0.25) is 4.79 Å². The lowest BCUT2D eigenvalue weighted by atomic mass is 10.0. The molecule has 0 spiro atoms. The van der Waals surface area contributed by atoms with Crippen molar-refractivity contribution in [3.63, 3.8) is 0 Å². The zero-order valence-electron chi connectivity index (χ0n) is 8.05. The van der Waals surface area contributed by atoms with Gasteiger partial charge in [0.1, 0.15) is 5.78 Å². The van der Waals surface area contributed by atoms with Crippen LogP contribution in [-0.4, -0.2) is 24.0 Å². The van der Waals surface area contributed by atoms with Crippen molar-refractivity contribution in [1.82, 2.24) is 5.32 Å². The first kappa shape index (κ1) is 10.0. The highest BCUT2D eigenvalue weighted by atomic mass is 16.5. The molecule has 4 heteroatoms. The summed E-state index contributed by atoms with van der Waals surface area (Å²) in [7, 11) is 0. The summed E-state index contributed by atoms with van der Waals surface area (Å²) in [6.45, 7) is 3.98. The van der Waals surface area contributed by atoms with Crippen LogP contribution in [-0.2, 0) is 9.53 Å². The van der Waals surface area contributed by atoms with Crippen molar-refractivity contribution in [1.29, 1.82) is 0 Å². The monoisotopic (exact) mass is 185 g/mol. The lowest BCUT2D eigenvalue weighted by Crippen LogP contribution is -2.44. The van der Waals surface area contributed by atoms with Gasteiger partial charge < -0.3 is 10.1 Å². The molecule has 1 saturated carbocycles. The van der Waals surface area contributed by atoms with Gasteiger partial charge in [-0.15, -0.1) is 0 Å². The number of carbonyl (C=O) groups excluding carboxylic acids is 2. The maximum Gasteiger partial charge on any atom is 0.407 e. The highest BCUT2D eigenvalue weighted by Crippen LogP contribution is 2.26. The Morgan fingerprint density at radius 3 is 2.85 bits per heavy atom. The first-order chi connectivity index (χ1) is 6.06. The van der Waals surface area contributed by atoms with Crippen molar-refractivity contribution in [3.8, 4) is 0 Å². The molecule has 1 aliphatic rings. The van der Waals surface area contributed by atoms with E-state index in [1.165, 1.54) is 0 Å². The van der Waals surface area contributed by atoms with E-state index in [1.807, 2.05) is 6.92 Å². The Hall–Kier alpha value is -1.06. The standard InChI is InChI=1S/C9H15NO3/c1-3-13-8(12)10-9(2)5-4-7(11)6-9/h3-6H2,1-2H3,(H,10,12). The molecular formula is C9H15NO3. The molecule has 4 nitrogen and oxygen atoms in total. The van der Waals surface area contributed by atoms with Crippen LogP contribution in [0.2, 0.25) is 0 Å². The summed E-state index contributed by atoms with van der Waals surface area (Å²) in [4.78, 5) is 22.1. The van der Waals surface area contributed by atoms with Crippen LogP contribution in [0, 0.1) is 0 Å². The summed E-state index contributed by atoms with van der Waals surface area (Å²) in [6.07, 6.45) is 1.26. The minimum Gasteiger partial charge on any atom is -0.450 e. The lowest BCUT2D eigenvalue weighted by Gasteiger charge is -2.23. The van der Waals surface area contributed by atoms with Gasteiger partial charge in [-0.25, -0.2) is 4.79 Å². The average Bonchev–Trinajstić information content (AvgIpc) is 2.30. The SMILES string of the molecule is CCOC(=O)NC1(C)CCC(=O)C1. The van der Waals surface area contributed by atoms with Gasteiger partial charge in [-0.2, -0.15) is 0 Å². The Bertz CT molecular complexity index is 227. The van der Waals surface area contributed by atoms with E-state index in [9.17, 15) is 9.59 Å². The lowest BCUT2D eigenvalue weighted by molar-refractivity contribution is -0.117. The van der Waals surface area contributed by atoms with Gasteiger partial charge in [0.25, 0.3) is 0 Å². The molecule has 1 amide bonds. The number of ether oxygens (including phenoxy) is 1. The minimum absolute atomic E-state index is 0.208. The molecule has 1 atom stereocenters. The highest BCUT2D eigenvalue weighted by Gasteiger charge is 2.35. The molecule has 0 bridgehead atoms. The Labute approximate surface area is 77.6 Å². The highest BCUT2D eigenvalue weighted by molar-refractivity contribution is 5.83. The van der Waals surface area contributed by atoms with Crippen molar-refractivity contribution in [2.75, 3.05) is 6.61 Å². The second-order valence-electron chi connectivity index (χ2n) is 3.62. The van der Waals surface area contributed by atoms with Crippen molar-refractivity contribution >= 4 is 11.9 Å². The number of Topliss-reactive ketones (excluding diaryl/α,β-unsaturated/α-hetero) is 1. The molecular weight excluding hydrogens is 170 g/mol. The number of hydrogen-bond donors (Lipinski definition) is 1. The van der Waals surface area contributed by atoms with Gasteiger partial charge in [0.15, 0.2) is 0 Å². The number of nitrogens with one attached hydrogen (secondary N) is 1. The maximum atomic E-state index is 11.1. The molecule has 1 unspecified atom stereocenters. The summed E-state index contributed by atoms with van der Waals surface area (Å²) < 4.78 is 4.74. The molecule has 0 aromatic carbocycles. The van der Waals surface area contributed by atoms with E-state index >= 15 is 0 Å². The quantitative estimate of drug-likeness (QED) is 0.704. The zero-order chi connectivity index (χ0) is 9.90. The third kappa shape index (κ3) is 2.72. The van der Waals surface area contributed by atoms with Crippen LogP contribution in [0.25, 0.3) is 0 Å². The molecule has 1 N–H and O–H groups in total. The van der Waals surface area contributed by atoms with Crippen LogP contribution in [0.4, 0.5) is 4.79 Å². The zero-order valence-corrected chi connectivity index (χ0v) is 8.05. The molecule has 1 aliphatic carbocycles. The number of carbonyl (C=O) groups is 2. The van der Waals surface area contributed by atoms with E-state index in [2.05, 4.69) is 5.32 Å². The number of amides is 1. The normalized spacial score (nSPS) is 27.4. The van der Waals surface area contributed by atoms with Crippen LogP contribution in [0.5, 0.6) is 0 Å². The molecule has 13 heavy (non-hydrogen) atoms. The van der Waals surface area contributed by atoms with Gasteiger partial charge in [0.2, 0.25) is 0 Å². The number of rotatable bonds is 2. The molecule has 0 radical (unpaired) electrons. The fourth-order valence-corrected chi connectivity index (χ4v) is 1.55.